The number of hydrogen-bond acceptors (Lipinski definition) is 4. The van der Waals surface area contributed by atoms with Crippen LogP contribution < -0.4 is 10.1 Å². The summed E-state index contributed by atoms with van der Waals surface area (Å²) in [7, 11) is 1.55. The van der Waals surface area contributed by atoms with Crippen LogP contribution in [-0.4, -0.2) is 48.8 Å². The van der Waals surface area contributed by atoms with Crippen molar-refractivity contribution in [3.63, 3.8) is 0 Å². The number of nitrogens with zero attached hydrogens (tertiary/aromatic N) is 1. The number of amides is 1. The van der Waals surface area contributed by atoms with Gasteiger partial charge in [-0.3, -0.25) is 9.69 Å². The summed E-state index contributed by atoms with van der Waals surface area (Å²) >= 11 is 6.05. The van der Waals surface area contributed by atoms with Crippen molar-refractivity contribution < 1.29 is 14.6 Å². The second kappa shape index (κ2) is 8.36. The fraction of sp³-hybridized carbons (Fsp3) is 0.562. The van der Waals surface area contributed by atoms with Gasteiger partial charge < -0.3 is 15.2 Å². The highest BCUT2D eigenvalue weighted by Crippen LogP contribution is 2.27. The molecule has 1 fully saturated rings. The van der Waals surface area contributed by atoms with Gasteiger partial charge in [0.1, 0.15) is 5.75 Å². The number of aliphatic hydroxyl groups is 1. The van der Waals surface area contributed by atoms with E-state index in [1.165, 1.54) is 0 Å². The first-order valence-corrected chi connectivity index (χ1v) is 8.00. The summed E-state index contributed by atoms with van der Waals surface area (Å²) in [4.78, 5) is 14.4. The van der Waals surface area contributed by atoms with E-state index in [1.807, 2.05) is 0 Å². The predicted molar refractivity (Wildman–Crippen MR) is 87.5 cm³/mol. The zero-order valence-corrected chi connectivity index (χ0v) is 13.6. The number of likely N-dealkylation sites (tertiary alicyclic amines) is 1. The monoisotopic (exact) mass is 326 g/mol. The molecule has 6 heteroatoms. The zero-order chi connectivity index (χ0) is 15.9. The minimum Gasteiger partial charge on any atom is -0.495 e. The number of hydrogen-bond donors (Lipinski definition) is 2. The number of ether oxygens (including phenoxy) is 1. The zero-order valence-electron chi connectivity index (χ0n) is 12.8. The SMILES string of the molecule is COc1ccc(NC(=O)CN2CCCCC2CCO)cc1Cl. The smallest absolute Gasteiger partial charge is 0.238 e. The Morgan fingerprint density at radius 1 is 1.50 bits per heavy atom. The molecule has 0 bridgehead atoms. The minimum absolute atomic E-state index is 0.0638. The number of halogens is 1. The first kappa shape index (κ1) is 17.1. The average molecular weight is 327 g/mol. The third-order valence-electron chi connectivity index (χ3n) is 3.99. The second-order valence-corrected chi connectivity index (χ2v) is 5.94. The molecule has 1 amide bonds. The van der Waals surface area contributed by atoms with Crippen LogP contribution in [0.25, 0.3) is 0 Å². The van der Waals surface area contributed by atoms with Gasteiger partial charge in [0.05, 0.1) is 18.7 Å². The fourth-order valence-electron chi connectivity index (χ4n) is 2.87. The van der Waals surface area contributed by atoms with Crippen molar-refractivity contribution in [2.45, 2.75) is 31.7 Å². The van der Waals surface area contributed by atoms with Gasteiger partial charge in [0.15, 0.2) is 0 Å². The third-order valence-corrected chi connectivity index (χ3v) is 4.29. The number of carbonyl (C=O) groups excluding carboxylic acids is 1. The van der Waals surface area contributed by atoms with E-state index in [4.69, 9.17) is 21.4 Å². The number of methoxy groups -OCH3 is 1. The quantitative estimate of drug-likeness (QED) is 0.843. The van der Waals surface area contributed by atoms with E-state index in [2.05, 4.69) is 10.2 Å². The molecule has 1 aliphatic rings. The van der Waals surface area contributed by atoms with E-state index in [9.17, 15) is 4.79 Å². The Morgan fingerprint density at radius 3 is 3.00 bits per heavy atom. The molecule has 0 aromatic heterocycles. The van der Waals surface area contributed by atoms with Gasteiger partial charge in [-0.05, 0) is 44.0 Å². The molecule has 0 aliphatic carbocycles. The molecule has 5 nitrogen and oxygen atoms in total. The van der Waals surface area contributed by atoms with Crippen LogP contribution in [0.1, 0.15) is 25.7 Å². The van der Waals surface area contributed by atoms with Crippen LogP contribution in [0.2, 0.25) is 5.02 Å². The standard InChI is InChI=1S/C16H23ClN2O3/c1-22-15-6-5-12(10-14(15)17)18-16(21)11-19-8-3-2-4-13(19)7-9-20/h5-6,10,13,20H,2-4,7-9,11H2,1H3,(H,18,21). The van der Waals surface area contributed by atoms with Gasteiger partial charge >= 0.3 is 0 Å². The van der Waals surface area contributed by atoms with Crippen molar-refractivity contribution in [1.82, 2.24) is 4.90 Å². The summed E-state index contributed by atoms with van der Waals surface area (Å²) in [5, 5.41) is 12.5. The summed E-state index contributed by atoms with van der Waals surface area (Å²) in [6.07, 6.45) is 4.03. The van der Waals surface area contributed by atoms with Crippen molar-refractivity contribution in [3.8, 4) is 5.75 Å². The first-order chi connectivity index (χ1) is 10.6. The van der Waals surface area contributed by atoms with E-state index in [0.717, 1.165) is 32.2 Å². The van der Waals surface area contributed by atoms with Crippen LogP contribution in [0.4, 0.5) is 5.69 Å². The Kier molecular flexibility index (Phi) is 6.49. The first-order valence-electron chi connectivity index (χ1n) is 7.62. The molecule has 1 saturated heterocycles. The van der Waals surface area contributed by atoms with Crippen molar-refractivity contribution >= 4 is 23.2 Å². The summed E-state index contributed by atoms with van der Waals surface area (Å²) in [6.45, 7) is 1.41. The molecular formula is C16H23ClN2O3. The van der Waals surface area contributed by atoms with Gasteiger partial charge in [-0.2, -0.15) is 0 Å². The van der Waals surface area contributed by atoms with Crippen molar-refractivity contribution in [2.24, 2.45) is 0 Å². The van der Waals surface area contributed by atoms with E-state index in [0.29, 0.717) is 29.0 Å². The molecule has 1 heterocycles. The van der Waals surface area contributed by atoms with E-state index < -0.39 is 0 Å². The van der Waals surface area contributed by atoms with Crippen molar-refractivity contribution in [2.75, 3.05) is 32.1 Å². The largest absolute Gasteiger partial charge is 0.495 e. The fourth-order valence-corrected chi connectivity index (χ4v) is 3.13. The number of benzene rings is 1. The molecule has 22 heavy (non-hydrogen) atoms. The number of piperidine rings is 1. The predicted octanol–water partition coefficient (Wildman–Crippen LogP) is 2.52. The minimum atomic E-state index is -0.0638. The summed E-state index contributed by atoms with van der Waals surface area (Å²) in [5.41, 5.74) is 0.659. The van der Waals surface area contributed by atoms with Crippen molar-refractivity contribution in [1.29, 1.82) is 0 Å². The molecule has 2 N–H and O–H groups in total. The maximum atomic E-state index is 12.2. The molecule has 1 unspecified atom stereocenters. The molecule has 2 rings (SSSR count). The lowest BCUT2D eigenvalue weighted by molar-refractivity contribution is -0.118. The maximum Gasteiger partial charge on any atom is 0.238 e. The summed E-state index contributed by atoms with van der Waals surface area (Å²) in [5.74, 6) is 0.518. The van der Waals surface area contributed by atoms with Gasteiger partial charge in [-0.1, -0.05) is 18.0 Å². The van der Waals surface area contributed by atoms with Crippen LogP contribution in [0.3, 0.4) is 0 Å². The summed E-state index contributed by atoms with van der Waals surface area (Å²) in [6, 6.07) is 5.47. The number of carbonyl (C=O) groups is 1. The van der Waals surface area contributed by atoms with Crippen LogP contribution in [0.15, 0.2) is 18.2 Å². The molecule has 0 radical (unpaired) electrons. The Labute approximate surface area is 136 Å². The van der Waals surface area contributed by atoms with Crippen LogP contribution in [0, 0.1) is 0 Å². The lowest BCUT2D eigenvalue weighted by atomic mass is 10.00. The molecule has 0 spiro atoms. The van der Waals surface area contributed by atoms with Crippen LogP contribution in [0.5, 0.6) is 5.75 Å². The number of aliphatic hydroxyl groups excluding tert-OH is 1. The molecule has 1 aromatic carbocycles. The van der Waals surface area contributed by atoms with Gasteiger partial charge in [0, 0.05) is 18.3 Å². The Morgan fingerprint density at radius 2 is 2.32 bits per heavy atom. The lowest BCUT2D eigenvalue weighted by Crippen LogP contribution is -2.44. The average Bonchev–Trinajstić information content (AvgIpc) is 2.49. The number of nitrogens with one attached hydrogen (secondary N) is 1. The molecular weight excluding hydrogens is 304 g/mol. The van der Waals surface area contributed by atoms with Gasteiger partial charge in [0.2, 0.25) is 5.91 Å². The third kappa shape index (κ3) is 4.60. The van der Waals surface area contributed by atoms with Gasteiger partial charge in [-0.15, -0.1) is 0 Å². The Bertz CT molecular complexity index is 508. The molecule has 1 atom stereocenters. The molecule has 122 valence electrons. The number of anilines is 1. The van der Waals surface area contributed by atoms with Crippen LogP contribution in [-0.2, 0) is 4.79 Å². The Balaban J connectivity index is 1.92. The Hall–Kier alpha value is -1.30. The normalized spacial score (nSPS) is 19.0. The lowest BCUT2D eigenvalue weighted by Gasteiger charge is -2.34. The van der Waals surface area contributed by atoms with Gasteiger partial charge in [0.25, 0.3) is 0 Å². The molecule has 1 aliphatic heterocycles. The highest BCUT2D eigenvalue weighted by Gasteiger charge is 2.23. The maximum absolute atomic E-state index is 12.2. The molecule has 0 saturated carbocycles. The topological polar surface area (TPSA) is 61.8 Å². The summed E-state index contributed by atoms with van der Waals surface area (Å²) < 4.78 is 5.09. The second-order valence-electron chi connectivity index (χ2n) is 5.53. The highest BCUT2D eigenvalue weighted by molar-refractivity contribution is 6.32. The molecule has 1 aromatic rings. The van der Waals surface area contributed by atoms with E-state index in [-0.39, 0.29) is 12.5 Å². The van der Waals surface area contributed by atoms with E-state index in [1.54, 1.807) is 25.3 Å². The number of rotatable bonds is 6. The highest BCUT2D eigenvalue weighted by atomic mass is 35.5. The van der Waals surface area contributed by atoms with Crippen LogP contribution >= 0.6 is 11.6 Å². The van der Waals surface area contributed by atoms with E-state index >= 15 is 0 Å². The van der Waals surface area contributed by atoms with Gasteiger partial charge in [-0.25, -0.2) is 0 Å². The van der Waals surface area contributed by atoms with Crippen molar-refractivity contribution in [3.05, 3.63) is 23.2 Å².